The van der Waals surface area contributed by atoms with Gasteiger partial charge in [0.05, 0.1) is 40.3 Å². The van der Waals surface area contributed by atoms with Gasteiger partial charge in [0.2, 0.25) is 0 Å². The van der Waals surface area contributed by atoms with Crippen LogP contribution in [0, 0.1) is 0 Å². The number of aliphatic carboxylic acids is 1. The van der Waals surface area contributed by atoms with Gasteiger partial charge in [-0.3, -0.25) is 9.59 Å². The molecule has 2 atom stereocenters. The van der Waals surface area contributed by atoms with Crippen molar-refractivity contribution in [3.8, 4) is 0 Å². The Hall–Kier alpha value is -2.45. The van der Waals surface area contributed by atoms with Gasteiger partial charge in [0.15, 0.2) is 6.10 Å². The maximum Gasteiger partial charge on any atom is 0.306 e. The Kier molecular flexibility index (Phi) is 33.9. The van der Waals surface area contributed by atoms with E-state index in [-0.39, 0.29) is 42.7 Å². The van der Waals surface area contributed by atoms with E-state index in [9.17, 15) is 19.5 Å². The fourth-order valence-electron chi connectivity index (χ4n) is 5.92. The number of ether oxygens (including phenoxy) is 3. The van der Waals surface area contributed by atoms with E-state index in [1.54, 1.807) is 21.1 Å². The summed E-state index contributed by atoms with van der Waals surface area (Å²) < 4.78 is 17.1. The summed E-state index contributed by atoms with van der Waals surface area (Å²) >= 11 is 0. The number of hydrogen-bond donors (Lipinski definition) is 0. The van der Waals surface area contributed by atoms with E-state index in [0.29, 0.717) is 12.8 Å². The first-order valence-electron chi connectivity index (χ1n) is 21.0. The zero-order valence-electron chi connectivity index (χ0n) is 34.2. The van der Waals surface area contributed by atoms with Crippen LogP contribution in [0.2, 0.25) is 0 Å². The zero-order chi connectivity index (χ0) is 38.5. The number of nitrogens with zero attached hydrogens (tertiary/aromatic N) is 1. The normalized spacial score (nSPS) is 13.3. The lowest BCUT2D eigenvalue weighted by atomic mass is 10.1. The van der Waals surface area contributed by atoms with E-state index in [1.165, 1.54) is 89.9 Å². The minimum atomic E-state index is -1.13. The number of carbonyl (C=O) groups is 3. The SMILES string of the molecule is CCCC/C=C/C=C/CCCCCC(=O)OCC(COCCC(C(=O)[O-])[N+](C)(C)C)OC(=O)CCCCCCCCC/C=C/CCCCCCCC. The third kappa shape index (κ3) is 33.4. The number of carboxylic acid groups (broad SMARTS) is 1. The van der Waals surface area contributed by atoms with Crippen molar-refractivity contribution in [1.29, 1.82) is 0 Å². The summed E-state index contributed by atoms with van der Waals surface area (Å²) in [7, 11) is 5.39. The predicted octanol–water partition coefficient (Wildman–Crippen LogP) is 9.74. The van der Waals surface area contributed by atoms with Crippen LogP contribution in [0.15, 0.2) is 36.5 Å². The van der Waals surface area contributed by atoms with Crippen molar-refractivity contribution in [2.24, 2.45) is 0 Å². The van der Waals surface area contributed by atoms with E-state index < -0.39 is 18.1 Å². The minimum absolute atomic E-state index is 0.0311. The first kappa shape index (κ1) is 49.6. The Morgan fingerprint density at radius 2 is 1.04 bits per heavy atom. The number of likely N-dealkylation sites (N-methyl/N-ethyl adjacent to an activating group) is 1. The molecule has 0 amide bonds. The second-order valence-electron chi connectivity index (χ2n) is 15.2. The van der Waals surface area contributed by atoms with Crippen molar-refractivity contribution in [3.05, 3.63) is 36.5 Å². The van der Waals surface area contributed by atoms with Crippen LogP contribution < -0.4 is 5.11 Å². The fourth-order valence-corrected chi connectivity index (χ4v) is 5.92. The summed E-state index contributed by atoms with van der Waals surface area (Å²) in [6.45, 7) is 4.56. The quantitative estimate of drug-likeness (QED) is 0.0206. The van der Waals surface area contributed by atoms with Crippen molar-refractivity contribution in [2.75, 3.05) is 41.0 Å². The van der Waals surface area contributed by atoms with Crippen molar-refractivity contribution in [1.82, 2.24) is 0 Å². The molecular weight excluding hydrogens is 654 g/mol. The average Bonchev–Trinajstić information content (AvgIpc) is 3.09. The van der Waals surface area contributed by atoms with Gasteiger partial charge < -0.3 is 28.6 Å². The first-order chi connectivity index (χ1) is 25.1. The average molecular weight is 734 g/mol. The van der Waals surface area contributed by atoms with Crippen LogP contribution in [0.4, 0.5) is 0 Å². The molecular formula is C44H79NO7. The van der Waals surface area contributed by atoms with Gasteiger partial charge >= 0.3 is 11.9 Å². The van der Waals surface area contributed by atoms with Crippen molar-refractivity contribution < 1.29 is 38.2 Å². The molecule has 2 unspecified atom stereocenters. The van der Waals surface area contributed by atoms with Crippen LogP contribution in [-0.2, 0) is 28.6 Å². The molecule has 0 aromatic rings. The van der Waals surface area contributed by atoms with Crippen LogP contribution in [0.25, 0.3) is 0 Å². The molecule has 0 saturated heterocycles. The Balaban J connectivity index is 4.38. The van der Waals surface area contributed by atoms with E-state index in [0.717, 1.165) is 51.4 Å². The molecule has 0 aromatic heterocycles. The highest BCUT2D eigenvalue weighted by Gasteiger charge is 2.25. The Labute approximate surface area is 319 Å². The van der Waals surface area contributed by atoms with Gasteiger partial charge in [-0.1, -0.05) is 134 Å². The number of carboxylic acids is 1. The molecule has 0 spiro atoms. The highest BCUT2D eigenvalue weighted by molar-refractivity contribution is 5.70. The molecule has 8 nitrogen and oxygen atoms in total. The van der Waals surface area contributed by atoms with Gasteiger partial charge in [0, 0.05) is 19.3 Å². The Morgan fingerprint density at radius 1 is 0.577 bits per heavy atom. The monoisotopic (exact) mass is 734 g/mol. The van der Waals surface area contributed by atoms with E-state index >= 15 is 0 Å². The summed E-state index contributed by atoms with van der Waals surface area (Å²) in [5.41, 5.74) is 0. The predicted molar refractivity (Wildman–Crippen MR) is 213 cm³/mol. The second kappa shape index (κ2) is 35.6. The summed E-state index contributed by atoms with van der Waals surface area (Å²) in [5, 5.41) is 11.6. The molecule has 0 aromatic carbocycles. The Bertz CT molecular complexity index is 953. The fraction of sp³-hybridized carbons (Fsp3) is 0.795. The summed E-state index contributed by atoms with van der Waals surface area (Å²) in [6, 6.07) is -0.729. The topological polar surface area (TPSA) is 102 Å². The highest BCUT2D eigenvalue weighted by Crippen LogP contribution is 2.13. The number of carbonyl (C=O) groups excluding carboxylic acids is 3. The van der Waals surface area contributed by atoms with Gasteiger partial charge in [-0.05, 0) is 57.8 Å². The third-order valence-electron chi connectivity index (χ3n) is 9.28. The van der Waals surface area contributed by atoms with Gasteiger partial charge in [0.1, 0.15) is 12.6 Å². The standard InChI is InChI=1S/C44H79NO7/c1-6-8-10-12-14-16-18-19-20-21-22-23-25-27-29-31-33-35-43(47)52-40(38-50-37-36-41(44(48)49)45(3,4)5)39-51-42(46)34-32-30-28-26-24-17-15-13-11-9-7-2/h13,15,17,19-20,24,40-41H,6-12,14,16,18,21-23,25-39H2,1-5H3/b15-13+,20-19+,24-17+. The molecule has 8 heteroatoms. The van der Waals surface area contributed by atoms with Crippen LogP contribution in [-0.4, -0.2) is 75.5 Å². The maximum absolute atomic E-state index is 12.7. The lowest BCUT2D eigenvalue weighted by Crippen LogP contribution is -2.55. The van der Waals surface area contributed by atoms with E-state index in [4.69, 9.17) is 14.2 Å². The van der Waals surface area contributed by atoms with Crippen LogP contribution in [0.5, 0.6) is 0 Å². The third-order valence-corrected chi connectivity index (χ3v) is 9.28. The molecule has 0 heterocycles. The van der Waals surface area contributed by atoms with Crippen LogP contribution in [0.1, 0.15) is 174 Å². The maximum atomic E-state index is 12.7. The molecule has 302 valence electrons. The summed E-state index contributed by atoms with van der Waals surface area (Å²) in [5.74, 6) is -1.78. The number of allylic oxidation sites excluding steroid dienone is 6. The molecule has 0 aliphatic carbocycles. The molecule has 0 aliphatic rings. The van der Waals surface area contributed by atoms with Gasteiger partial charge in [-0.2, -0.15) is 0 Å². The number of hydrogen-bond acceptors (Lipinski definition) is 7. The largest absolute Gasteiger partial charge is 0.544 e. The van der Waals surface area contributed by atoms with E-state index in [1.807, 2.05) is 0 Å². The van der Waals surface area contributed by atoms with Crippen LogP contribution >= 0.6 is 0 Å². The van der Waals surface area contributed by atoms with E-state index in [2.05, 4.69) is 50.3 Å². The Morgan fingerprint density at radius 3 is 1.58 bits per heavy atom. The molecule has 52 heavy (non-hydrogen) atoms. The smallest absolute Gasteiger partial charge is 0.306 e. The number of rotatable bonds is 37. The van der Waals surface area contributed by atoms with Crippen LogP contribution in [0.3, 0.4) is 0 Å². The lowest BCUT2D eigenvalue weighted by molar-refractivity contribution is -0.889. The van der Waals surface area contributed by atoms with Gasteiger partial charge in [0.25, 0.3) is 0 Å². The summed E-state index contributed by atoms with van der Waals surface area (Å²) in [6.07, 6.45) is 38.8. The molecule has 0 bridgehead atoms. The van der Waals surface area contributed by atoms with Gasteiger partial charge in [-0.15, -0.1) is 0 Å². The first-order valence-corrected chi connectivity index (χ1v) is 21.0. The molecule has 0 saturated carbocycles. The van der Waals surface area contributed by atoms with Crippen molar-refractivity contribution in [3.63, 3.8) is 0 Å². The number of quaternary nitrogens is 1. The zero-order valence-corrected chi connectivity index (χ0v) is 34.2. The molecule has 0 fully saturated rings. The molecule has 0 rings (SSSR count). The molecule has 0 aliphatic heterocycles. The minimum Gasteiger partial charge on any atom is -0.544 e. The van der Waals surface area contributed by atoms with Gasteiger partial charge in [-0.25, -0.2) is 0 Å². The van der Waals surface area contributed by atoms with Crippen molar-refractivity contribution in [2.45, 2.75) is 187 Å². The number of unbranched alkanes of at least 4 members (excludes halogenated alkanes) is 18. The highest BCUT2D eigenvalue weighted by atomic mass is 16.6. The lowest BCUT2D eigenvalue weighted by Gasteiger charge is -2.34. The summed E-state index contributed by atoms with van der Waals surface area (Å²) in [4.78, 5) is 36.7. The molecule has 0 N–H and O–H groups in total. The van der Waals surface area contributed by atoms with Crippen molar-refractivity contribution >= 4 is 17.9 Å². The molecule has 0 radical (unpaired) electrons. The number of esters is 2. The second-order valence-corrected chi connectivity index (χ2v) is 15.2.